The largest absolute Gasteiger partial charge is 0.481 e. The molecule has 1 aromatic rings. The third-order valence-electron chi connectivity index (χ3n) is 3.40. The first-order valence-corrected chi connectivity index (χ1v) is 6.62. The van der Waals surface area contributed by atoms with Crippen LogP contribution in [0.2, 0.25) is 5.02 Å². The van der Waals surface area contributed by atoms with Gasteiger partial charge in [-0.15, -0.1) is 12.3 Å². The van der Waals surface area contributed by atoms with Crippen molar-refractivity contribution in [2.45, 2.75) is 18.9 Å². The lowest BCUT2D eigenvalue weighted by atomic mass is 10.0. The molecular formula is C15H14ClNO3. The molecule has 0 aliphatic carbocycles. The van der Waals surface area contributed by atoms with E-state index in [4.69, 9.17) is 23.1 Å². The van der Waals surface area contributed by atoms with Crippen LogP contribution in [0.25, 0.3) is 0 Å². The number of rotatable bonds is 4. The van der Waals surface area contributed by atoms with Crippen molar-refractivity contribution in [3.05, 3.63) is 34.9 Å². The van der Waals surface area contributed by atoms with Crippen molar-refractivity contribution in [3.8, 4) is 12.3 Å². The maximum atomic E-state index is 12.0. The number of nitrogens with zero attached hydrogens (tertiary/aromatic N) is 1. The van der Waals surface area contributed by atoms with E-state index < -0.39 is 12.0 Å². The molecule has 2 unspecified atom stereocenters. The van der Waals surface area contributed by atoms with Crippen molar-refractivity contribution >= 4 is 23.5 Å². The monoisotopic (exact) mass is 291 g/mol. The van der Waals surface area contributed by atoms with Crippen molar-refractivity contribution in [3.63, 3.8) is 0 Å². The second-order valence-corrected chi connectivity index (χ2v) is 5.16. The SMILES string of the molecule is C#CC1CC(=O)N(C(CC(=O)O)c2ccccc2Cl)C1. The molecule has 0 spiro atoms. The van der Waals surface area contributed by atoms with E-state index in [-0.39, 0.29) is 24.7 Å². The van der Waals surface area contributed by atoms with Crippen LogP contribution < -0.4 is 0 Å². The van der Waals surface area contributed by atoms with Crippen LogP contribution in [0.4, 0.5) is 0 Å². The van der Waals surface area contributed by atoms with Crippen molar-refractivity contribution in [1.82, 2.24) is 4.90 Å². The van der Waals surface area contributed by atoms with E-state index in [1.54, 1.807) is 24.3 Å². The third-order valence-corrected chi connectivity index (χ3v) is 3.75. The van der Waals surface area contributed by atoms with E-state index in [0.717, 1.165) is 0 Å². The molecule has 1 N–H and O–H groups in total. The van der Waals surface area contributed by atoms with Crippen molar-refractivity contribution in [2.75, 3.05) is 6.54 Å². The number of carboxylic acid groups (broad SMARTS) is 1. The van der Waals surface area contributed by atoms with E-state index in [2.05, 4.69) is 5.92 Å². The van der Waals surface area contributed by atoms with Crippen molar-refractivity contribution in [2.24, 2.45) is 5.92 Å². The molecule has 104 valence electrons. The molecule has 0 radical (unpaired) electrons. The van der Waals surface area contributed by atoms with Gasteiger partial charge in [-0.2, -0.15) is 0 Å². The first-order valence-electron chi connectivity index (χ1n) is 6.24. The highest BCUT2D eigenvalue weighted by Gasteiger charge is 2.35. The standard InChI is InChI=1S/C15H14ClNO3/c1-2-10-7-14(18)17(9-10)13(8-15(19)20)11-5-3-4-6-12(11)16/h1,3-6,10,13H,7-9H2,(H,19,20). The zero-order chi connectivity index (χ0) is 14.7. The molecule has 5 heteroatoms. The van der Waals surface area contributed by atoms with Crippen LogP contribution in [0.15, 0.2) is 24.3 Å². The number of benzene rings is 1. The maximum Gasteiger partial charge on any atom is 0.305 e. The fourth-order valence-electron chi connectivity index (χ4n) is 2.44. The summed E-state index contributed by atoms with van der Waals surface area (Å²) < 4.78 is 0. The summed E-state index contributed by atoms with van der Waals surface area (Å²) in [6.07, 6.45) is 5.43. The van der Waals surface area contributed by atoms with Crippen LogP contribution in [0.1, 0.15) is 24.4 Å². The summed E-state index contributed by atoms with van der Waals surface area (Å²) >= 11 is 6.13. The molecule has 1 amide bonds. The molecule has 0 saturated carbocycles. The highest BCUT2D eigenvalue weighted by atomic mass is 35.5. The predicted octanol–water partition coefficient (Wildman–Crippen LogP) is 2.34. The number of likely N-dealkylation sites (tertiary alicyclic amines) is 1. The molecule has 2 atom stereocenters. The highest BCUT2D eigenvalue weighted by molar-refractivity contribution is 6.31. The van der Waals surface area contributed by atoms with Crippen LogP contribution in [0.3, 0.4) is 0 Å². The van der Waals surface area contributed by atoms with Gasteiger partial charge in [0.25, 0.3) is 0 Å². The molecule has 1 heterocycles. The Kier molecular flexibility index (Phi) is 4.31. The molecule has 0 aromatic heterocycles. The van der Waals surface area contributed by atoms with E-state index in [1.807, 2.05) is 0 Å². The minimum atomic E-state index is -0.980. The lowest BCUT2D eigenvalue weighted by Gasteiger charge is -2.27. The number of carbonyl (C=O) groups is 2. The van der Waals surface area contributed by atoms with Gasteiger partial charge < -0.3 is 10.0 Å². The smallest absolute Gasteiger partial charge is 0.305 e. The molecule has 20 heavy (non-hydrogen) atoms. The first-order chi connectivity index (χ1) is 9.52. The Labute approximate surface area is 122 Å². The molecule has 4 nitrogen and oxygen atoms in total. The molecule has 1 aromatic carbocycles. The fourth-order valence-corrected chi connectivity index (χ4v) is 2.70. The number of carboxylic acids is 1. The second-order valence-electron chi connectivity index (χ2n) is 4.75. The Balaban J connectivity index is 2.34. The summed E-state index contributed by atoms with van der Waals surface area (Å²) in [6, 6.07) is 6.39. The maximum absolute atomic E-state index is 12.0. The Morgan fingerprint density at radius 3 is 2.80 bits per heavy atom. The van der Waals surface area contributed by atoms with Crippen LogP contribution in [0.5, 0.6) is 0 Å². The summed E-state index contributed by atoms with van der Waals surface area (Å²) in [5.74, 6) is 1.28. The van der Waals surface area contributed by atoms with Crippen LogP contribution in [-0.4, -0.2) is 28.4 Å². The molecule has 1 aliphatic heterocycles. The number of aliphatic carboxylic acids is 1. The summed E-state index contributed by atoms with van der Waals surface area (Å²) in [6.45, 7) is 0.374. The van der Waals surface area contributed by atoms with E-state index in [9.17, 15) is 9.59 Å². The number of terminal acetylenes is 1. The lowest BCUT2D eigenvalue weighted by Crippen LogP contribution is -2.32. The van der Waals surface area contributed by atoms with E-state index >= 15 is 0 Å². The number of amides is 1. The fraction of sp³-hybridized carbons (Fsp3) is 0.333. The minimum absolute atomic E-state index is 0.126. The number of halogens is 1. The summed E-state index contributed by atoms with van der Waals surface area (Å²) in [4.78, 5) is 24.7. The van der Waals surface area contributed by atoms with Gasteiger partial charge in [0.15, 0.2) is 0 Å². The number of carbonyl (C=O) groups excluding carboxylic acids is 1. The van der Waals surface area contributed by atoms with Gasteiger partial charge in [0, 0.05) is 23.9 Å². The van der Waals surface area contributed by atoms with Gasteiger partial charge in [0.1, 0.15) is 0 Å². The minimum Gasteiger partial charge on any atom is -0.481 e. The van der Waals surface area contributed by atoms with Crippen LogP contribution >= 0.6 is 11.6 Å². The molecule has 2 rings (SSSR count). The second kappa shape index (κ2) is 5.98. The topological polar surface area (TPSA) is 57.6 Å². The Morgan fingerprint density at radius 1 is 1.55 bits per heavy atom. The number of hydrogen-bond acceptors (Lipinski definition) is 2. The van der Waals surface area contributed by atoms with E-state index in [1.165, 1.54) is 4.90 Å². The van der Waals surface area contributed by atoms with Crippen molar-refractivity contribution < 1.29 is 14.7 Å². The van der Waals surface area contributed by atoms with Gasteiger partial charge in [0.05, 0.1) is 12.5 Å². The Hall–Kier alpha value is -1.99. The van der Waals surface area contributed by atoms with Gasteiger partial charge in [-0.25, -0.2) is 0 Å². The summed E-state index contributed by atoms with van der Waals surface area (Å²) in [5.41, 5.74) is 0.641. The quantitative estimate of drug-likeness (QED) is 0.866. The number of hydrogen-bond donors (Lipinski definition) is 1. The van der Waals surface area contributed by atoms with Crippen molar-refractivity contribution in [1.29, 1.82) is 0 Å². The predicted molar refractivity (Wildman–Crippen MR) is 75.1 cm³/mol. The lowest BCUT2D eigenvalue weighted by molar-refractivity contribution is -0.139. The van der Waals surface area contributed by atoms with Gasteiger partial charge in [0.2, 0.25) is 5.91 Å². The van der Waals surface area contributed by atoms with Crippen LogP contribution in [-0.2, 0) is 9.59 Å². The Bertz CT molecular complexity index is 579. The molecule has 1 saturated heterocycles. The average Bonchev–Trinajstić information content (AvgIpc) is 2.78. The Morgan fingerprint density at radius 2 is 2.25 bits per heavy atom. The van der Waals surface area contributed by atoms with Gasteiger partial charge in [-0.3, -0.25) is 9.59 Å². The van der Waals surface area contributed by atoms with Gasteiger partial charge in [-0.1, -0.05) is 29.8 Å². The average molecular weight is 292 g/mol. The zero-order valence-electron chi connectivity index (χ0n) is 10.8. The summed E-state index contributed by atoms with van der Waals surface area (Å²) in [7, 11) is 0. The molecule has 1 aliphatic rings. The first kappa shape index (κ1) is 14.4. The zero-order valence-corrected chi connectivity index (χ0v) is 11.5. The molecular weight excluding hydrogens is 278 g/mol. The summed E-state index contributed by atoms with van der Waals surface area (Å²) in [5, 5.41) is 9.54. The third kappa shape index (κ3) is 2.94. The normalized spacial score (nSPS) is 19.7. The highest BCUT2D eigenvalue weighted by Crippen LogP contribution is 2.34. The van der Waals surface area contributed by atoms with E-state index in [0.29, 0.717) is 17.1 Å². The molecule has 0 bridgehead atoms. The molecule has 1 fully saturated rings. The van der Waals surface area contributed by atoms with Gasteiger partial charge >= 0.3 is 5.97 Å². The van der Waals surface area contributed by atoms with Gasteiger partial charge in [-0.05, 0) is 11.6 Å². The van der Waals surface area contributed by atoms with Crippen LogP contribution in [0, 0.1) is 18.3 Å².